The molecule has 0 radical (unpaired) electrons. The SMILES string of the molecule is Cn1nccc1C=NNC(=O)CN1C(=O)CN=C(c2ccccc2)c2cc(Br)ccc21. The molecule has 0 spiro atoms. The lowest BCUT2D eigenvalue weighted by Crippen LogP contribution is -2.40. The van der Waals surface area contributed by atoms with Gasteiger partial charge in [-0.3, -0.25) is 19.3 Å². The van der Waals surface area contributed by atoms with E-state index in [4.69, 9.17) is 0 Å². The average Bonchev–Trinajstić information content (AvgIpc) is 3.12. The molecule has 1 aliphatic rings. The fourth-order valence-corrected chi connectivity index (χ4v) is 3.62. The van der Waals surface area contributed by atoms with Crippen LogP contribution in [0.1, 0.15) is 16.8 Å². The van der Waals surface area contributed by atoms with Crippen LogP contribution in [0.3, 0.4) is 0 Å². The quantitative estimate of drug-likeness (QED) is 0.451. The van der Waals surface area contributed by atoms with E-state index >= 15 is 0 Å². The minimum Gasteiger partial charge on any atom is -0.301 e. The highest BCUT2D eigenvalue weighted by Gasteiger charge is 2.27. The first kappa shape index (κ1) is 20.7. The first-order valence-electron chi connectivity index (χ1n) is 9.53. The van der Waals surface area contributed by atoms with Gasteiger partial charge < -0.3 is 4.90 Å². The summed E-state index contributed by atoms with van der Waals surface area (Å²) in [5.74, 6) is -0.677. The standard InChI is InChI=1S/C22H19BrN6O2/c1-28-17(9-10-26-28)12-25-27-20(30)14-29-19-8-7-16(23)11-18(19)22(24-13-21(29)31)15-5-3-2-4-6-15/h2-12H,13-14H2,1H3,(H,27,30). The van der Waals surface area contributed by atoms with E-state index in [1.807, 2.05) is 48.5 Å². The molecule has 0 bridgehead atoms. The fraction of sp³-hybridized carbons (Fsp3) is 0.136. The van der Waals surface area contributed by atoms with E-state index < -0.39 is 5.91 Å². The van der Waals surface area contributed by atoms with Crippen LogP contribution in [-0.2, 0) is 16.6 Å². The number of hydrazone groups is 1. The summed E-state index contributed by atoms with van der Waals surface area (Å²) in [6.45, 7) is -0.226. The van der Waals surface area contributed by atoms with Gasteiger partial charge in [0, 0.05) is 28.8 Å². The van der Waals surface area contributed by atoms with Gasteiger partial charge in [0.15, 0.2) is 0 Å². The Morgan fingerprint density at radius 3 is 2.77 bits per heavy atom. The summed E-state index contributed by atoms with van der Waals surface area (Å²) < 4.78 is 2.49. The Balaban J connectivity index is 1.59. The summed E-state index contributed by atoms with van der Waals surface area (Å²) in [4.78, 5) is 31.4. The Bertz CT molecular complexity index is 1190. The second-order valence-corrected chi connectivity index (χ2v) is 7.76. The molecule has 156 valence electrons. The number of aliphatic imine (C=N–C) groups is 1. The minimum absolute atomic E-state index is 0.0535. The number of fused-ring (bicyclic) bond motifs is 1. The molecule has 1 aromatic heterocycles. The van der Waals surface area contributed by atoms with Crippen molar-refractivity contribution in [2.45, 2.75) is 0 Å². The monoisotopic (exact) mass is 478 g/mol. The number of rotatable bonds is 5. The van der Waals surface area contributed by atoms with E-state index in [0.717, 1.165) is 21.3 Å². The Hall–Kier alpha value is -3.59. The molecule has 9 heteroatoms. The Morgan fingerprint density at radius 2 is 2.03 bits per heavy atom. The van der Waals surface area contributed by atoms with Crippen LogP contribution in [-0.4, -0.2) is 46.6 Å². The molecular formula is C22H19BrN6O2. The molecule has 3 aromatic rings. The minimum atomic E-state index is -0.413. The lowest BCUT2D eigenvalue weighted by Gasteiger charge is -2.22. The van der Waals surface area contributed by atoms with Crippen LogP contribution < -0.4 is 10.3 Å². The number of nitrogens with one attached hydrogen (secondary N) is 1. The molecule has 0 atom stereocenters. The maximum absolute atomic E-state index is 12.9. The van der Waals surface area contributed by atoms with E-state index in [9.17, 15) is 9.59 Å². The molecule has 0 saturated carbocycles. The maximum atomic E-state index is 12.9. The highest BCUT2D eigenvalue weighted by molar-refractivity contribution is 9.10. The third-order valence-corrected chi connectivity index (χ3v) is 5.27. The van der Waals surface area contributed by atoms with Crippen molar-refractivity contribution in [1.82, 2.24) is 15.2 Å². The number of halogens is 1. The summed E-state index contributed by atoms with van der Waals surface area (Å²) >= 11 is 3.50. The molecule has 8 nitrogen and oxygen atoms in total. The second-order valence-electron chi connectivity index (χ2n) is 6.85. The average molecular weight is 479 g/mol. The summed E-state index contributed by atoms with van der Waals surface area (Å²) in [7, 11) is 1.78. The van der Waals surface area contributed by atoms with Crippen molar-refractivity contribution in [1.29, 1.82) is 0 Å². The van der Waals surface area contributed by atoms with Gasteiger partial charge in [-0.05, 0) is 24.3 Å². The largest absolute Gasteiger partial charge is 0.301 e. The van der Waals surface area contributed by atoms with Gasteiger partial charge in [0.1, 0.15) is 13.1 Å². The number of amides is 2. The van der Waals surface area contributed by atoms with Gasteiger partial charge in [-0.15, -0.1) is 0 Å². The molecule has 1 aliphatic heterocycles. The normalized spacial score (nSPS) is 13.7. The van der Waals surface area contributed by atoms with E-state index in [1.54, 1.807) is 24.0 Å². The fourth-order valence-electron chi connectivity index (χ4n) is 3.26. The van der Waals surface area contributed by atoms with Gasteiger partial charge in [0.25, 0.3) is 5.91 Å². The van der Waals surface area contributed by atoms with Crippen LogP contribution in [0.2, 0.25) is 0 Å². The predicted octanol–water partition coefficient (Wildman–Crippen LogP) is 2.52. The van der Waals surface area contributed by atoms with E-state index in [-0.39, 0.29) is 19.0 Å². The van der Waals surface area contributed by atoms with Gasteiger partial charge >= 0.3 is 0 Å². The number of hydrogen-bond donors (Lipinski definition) is 1. The number of anilines is 1. The zero-order valence-corrected chi connectivity index (χ0v) is 18.3. The van der Waals surface area contributed by atoms with Gasteiger partial charge in [0.2, 0.25) is 5.91 Å². The van der Waals surface area contributed by atoms with Crippen LogP contribution in [0.4, 0.5) is 5.69 Å². The molecule has 0 unspecified atom stereocenters. The summed E-state index contributed by atoms with van der Waals surface area (Å²) in [6.07, 6.45) is 3.13. The second kappa shape index (κ2) is 9.05. The van der Waals surface area contributed by atoms with Gasteiger partial charge in [-0.1, -0.05) is 46.3 Å². The highest BCUT2D eigenvalue weighted by atomic mass is 79.9. The first-order valence-corrected chi connectivity index (χ1v) is 10.3. The smallest absolute Gasteiger partial charge is 0.260 e. The predicted molar refractivity (Wildman–Crippen MR) is 122 cm³/mol. The number of hydrogen-bond acceptors (Lipinski definition) is 5. The van der Waals surface area contributed by atoms with Crippen molar-refractivity contribution in [3.63, 3.8) is 0 Å². The maximum Gasteiger partial charge on any atom is 0.260 e. The molecule has 0 saturated heterocycles. The Labute approximate surface area is 187 Å². The zero-order valence-electron chi connectivity index (χ0n) is 16.7. The van der Waals surface area contributed by atoms with Crippen LogP contribution in [0.5, 0.6) is 0 Å². The van der Waals surface area contributed by atoms with E-state index in [1.165, 1.54) is 11.1 Å². The van der Waals surface area contributed by atoms with Crippen molar-refractivity contribution in [2.75, 3.05) is 18.0 Å². The third-order valence-electron chi connectivity index (χ3n) is 4.77. The third kappa shape index (κ3) is 4.61. The zero-order chi connectivity index (χ0) is 21.8. The highest BCUT2D eigenvalue weighted by Crippen LogP contribution is 2.29. The molecule has 1 N–H and O–H groups in total. The molecule has 2 heterocycles. The van der Waals surface area contributed by atoms with E-state index in [2.05, 4.69) is 36.5 Å². The first-order chi connectivity index (χ1) is 15.0. The molecule has 0 aliphatic carbocycles. The van der Waals surface area contributed by atoms with Gasteiger partial charge in [-0.2, -0.15) is 10.2 Å². The Kier molecular flexibility index (Phi) is 6.03. The van der Waals surface area contributed by atoms with Crippen molar-refractivity contribution in [3.05, 3.63) is 82.1 Å². The lowest BCUT2D eigenvalue weighted by atomic mass is 10.0. The van der Waals surface area contributed by atoms with E-state index in [0.29, 0.717) is 11.4 Å². The summed E-state index contributed by atoms with van der Waals surface area (Å²) in [5, 5.41) is 8.00. The topological polar surface area (TPSA) is 92.0 Å². The van der Waals surface area contributed by atoms with Crippen molar-refractivity contribution in [3.8, 4) is 0 Å². The van der Waals surface area contributed by atoms with Crippen LogP contribution in [0, 0.1) is 0 Å². The number of carbonyl (C=O) groups is 2. The van der Waals surface area contributed by atoms with Gasteiger partial charge in [-0.25, -0.2) is 5.43 Å². The number of carbonyl (C=O) groups excluding carboxylic acids is 2. The lowest BCUT2D eigenvalue weighted by molar-refractivity contribution is -0.123. The number of benzene rings is 2. The van der Waals surface area contributed by atoms with Crippen LogP contribution in [0.25, 0.3) is 0 Å². The number of benzodiazepines with no additional fused rings is 1. The molecule has 0 fully saturated rings. The summed E-state index contributed by atoms with van der Waals surface area (Å²) in [6, 6.07) is 17.0. The molecule has 2 amide bonds. The van der Waals surface area contributed by atoms with Crippen LogP contribution in [0.15, 0.2) is 75.4 Å². The molecule has 4 rings (SSSR count). The van der Waals surface area contributed by atoms with Crippen molar-refractivity contribution >= 4 is 45.4 Å². The molecular weight excluding hydrogens is 460 g/mol. The number of aryl methyl sites for hydroxylation is 1. The molecule has 2 aromatic carbocycles. The number of nitrogens with zero attached hydrogens (tertiary/aromatic N) is 5. The van der Waals surface area contributed by atoms with Crippen LogP contribution >= 0.6 is 15.9 Å². The number of aromatic nitrogens is 2. The van der Waals surface area contributed by atoms with Gasteiger partial charge in [0.05, 0.1) is 23.3 Å². The molecule has 31 heavy (non-hydrogen) atoms. The Morgan fingerprint density at radius 1 is 1.23 bits per heavy atom. The van der Waals surface area contributed by atoms with Crippen molar-refractivity contribution in [2.24, 2.45) is 17.1 Å². The van der Waals surface area contributed by atoms with Crippen molar-refractivity contribution < 1.29 is 9.59 Å². The summed E-state index contributed by atoms with van der Waals surface area (Å²) in [5.41, 5.74) is 6.22.